The minimum atomic E-state index is 0.356. The van der Waals surface area contributed by atoms with Crippen molar-refractivity contribution in [1.82, 2.24) is 15.5 Å². The molecule has 0 saturated heterocycles. The van der Waals surface area contributed by atoms with Crippen LogP contribution in [0.2, 0.25) is 0 Å². The van der Waals surface area contributed by atoms with Crippen molar-refractivity contribution >= 4 is 0 Å². The standard InChI is InChI=1S/C22H25N3O/c1-3-9-17(10-4-1)15-21-24-20(25-26-21)16-23-22(19-13-7-8-14-19)18-11-5-2-6-12-18/h1-6,9-12,19,22-23H,7-8,13-16H2. The predicted octanol–water partition coefficient (Wildman–Crippen LogP) is 4.68. The second-order valence-electron chi connectivity index (χ2n) is 7.08. The fourth-order valence-corrected chi connectivity index (χ4v) is 3.91. The number of nitrogens with zero attached hydrogens (tertiary/aromatic N) is 2. The summed E-state index contributed by atoms with van der Waals surface area (Å²) >= 11 is 0. The van der Waals surface area contributed by atoms with Crippen LogP contribution in [-0.2, 0) is 13.0 Å². The van der Waals surface area contributed by atoms with Gasteiger partial charge in [-0.3, -0.25) is 0 Å². The predicted molar refractivity (Wildman–Crippen MR) is 102 cm³/mol. The molecule has 0 radical (unpaired) electrons. The zero-order valence-corrected chi connectivity index (χ0v) is 15.0. The molecule has 4 heteroatoms. The van der Waals surface area contributed by atoms with Crippen molar-refractivity contribution in [2.24, 2.45) is 5.92 Å². The molecule has 134 valence electrons. The lowest BCUT2D eigenvalue weighted by Gasteiger charge is -2.24. The van der Waals surface area contributed by atoms with Gasteiger partial charge in [-0.1, -0.05) is 78.7 Å². The van der Waals surface area contributed by atoms with Crippen LogP contribution in [0.4, 0.5) is 0 Å². The van der Waals surface area contributed by atoms with E-state index in [0.29, 0.717) is 30.8 Å². The summed E-state index contributed by atoms with van der Waals surface area (Å²) in [6.45, 7) is 0.633. The summed E-state index contributed by atoms with van der Waals surface area (Å²) in [7, 11) is 0. The summed E-state index contributed by atoms with van der Waals surface area (Å²) in [5.41, 5.74) is 2.54. The fourth-order valence-electron chi connectivity index (χ4n) is 3.91. The summed E-state index contributed by atoms with van der Waals surface area (Å²) in [6, 6.07) is 21.3. The van der Waals surface area contributed by atoms with Gasteiger partial charge >= 0.3 is 0 Å². The van der Waals surface area contributed by atoms with Crippen LogP contribution < -0.4 is 5.32 Å². The Kier molecular flexibility index (Phi) is 5.41. The van der Waals surface area contributed by atoms with Crippen LogP contribution in [-0.4, -0.2) is 10.1 Å². The van der Waals surface area contributed by atoms with Gasteiger partial charge in [-0.05, 0) is 29.9 Å². The third-order valence-electron chi connectivity index (χ3n) is 5.22. The normalized spacial score (nSPS) is 16.0. The molecule has 4 nitrogen and oxygen atoms in total. The highest BCUT2D eigenvalue weighted by atomic mass is 16.5. The fraction of sp³-hybridized carbons (Fsp3) is 0.364. The number of benzene rings is 2. The largest absolute Gasteiger partial charge is 0.339 e. The van der Waals surface area contributed by atoms with Gasteiger partial charge in [0, 0.05) is 6.04 Å². The molecule has 1 N–H and O–H groups in total. The average molecular weight is 347 g/mol. The lowest BCUT2D eigenvalue weighted by Crippen LogP contribution is -2.27. The van der Waals surface area contributed by atoms with E-state index in [4.69, 9.17) is 4.52 Å². The third-order valence-corrected chi connectivity index (χ3v) is 5.22. The van der Waals surface area contributed by atoms with Gasteiger partial charge in [0.1, 0.15) is 0 Å². The molecular formula is C22H25N3O. The summed E-state index contributed by atoms with van der Waals surface area (Å²) in [6.07, 6.45) is 5.92. The Morgan fingerprint density at radius 1 is 0.962 bits per heavy atom. The van der Waals surface area contributed by atoms with Crippen molar-refractivity contribution in [3.05, 3.63) is 83.5 Å². The molecule has 0 aliphatic heterocycles. The van der Waals surface area contributed by atoms with Gasteiger partial charge in [-0.25, -0.2) is 0 Å². The number of hydrogen-bond donors (Lipinski definition) is 1. The highest BCUT2D eigenvalue weighted by Crippen LogP contribution is 2.35. The van der Waals surface area contributed by atoms with Gasteiger partial charge in [0.2, 0.25) is 5.89 Å². The van der Waals surface area contributed by atoms with Crippen molar-refractivity contribution in [3.8, 4) is 0 Å². The molecular weight excluding hydrogens is 322 g/mol. The van der Waals surface area contributed by atoms with Gasteiger partial charge in [0.25, 0.3) is 0 Å². The molecule has 0 spiro atoms. The van der Waals surface area contributed by atoms with E-state index in [-0.39, 0.29) is 0 Å². The maximum atomic E-state index is 5.43. The van der Waals surface area contributed by atoms with Crippen LogP contribution in [0.5, 0.6) is 0 Å². The minimum absolute atomic E-state index is 0.356. The summed E-state index contributed by atoms with van der Waals surface area (Å²) in [5, 5.41) is 7.84. The molecule has 1 atom stereocenters. The summed E-state index contributed by atoms with van der Waals surface area (Å²) < 4.78 is 5.43. The lowest BCUT2D eigenvalue weighted by atomic mass is 9.91. The topological polar surface area (TPSA) is 51.0 Å². The number of hydrogen-bond acceptors (Lipinski definition) is 4. The van der Waals surface area contributed by atoms with Crippen LogP contribution in [0.15, 0.2) is 65.2 Å². The van der Waals surface area contributed by atoms with E-state index in [1.54, 1.807) is 0 Å². The Balaban J connectivity index is 1.41. The lowest BCUT2D eigenvalue weighted by molar-refractivity contribution is 0.350. The number of rotatable bonds is 7. The van der Waals surface area contributed by atoms with Gasteiger partial charge in [0.05, 0.1) is 13.0 Å². The van der Waals surface area contributed by atoms with E-state index in [1.165, 1.54) is 36.8 Å². The Bertz CT molecular complexity index is 795. The van der Waals surface area contributed by atoms with Gasteiger partial charge in [-0.15, -0.1) is 0 Å². The zero-order valence-electron chi connectivity index (χ0n) is 15.0. The first-order valence-corrected chi connectivity index (χ1v) is 9.52. The van der Waals surface area contributed by atoms with Crippen LogP contribution in [0.25, 0.3) is 0 Å². The Hall–Kier alpha value is -2.46. The molecule has 1 heterocycles. The molecule has 0 amide bonds. The van der Waals surface area contributed by atoms with Crippen molar-refractivity contribution < 1.29 is 4.52 Å². The second-order valence-corrected chi connectivity index (χ2v) is 7.08. The molecule has 1 unspecified atom stereocenters. The van der Waals surface area contributed by atoms with E-state index >= 15 is 0 Å². The van der Waals surface area contributed by atoms with E-state index < -0.39 is 0 Å². The van der Waals surface area contributed by atoms with Crippen LogP contribution in [0.1, 0.15) is 54.6 Å². The average Bonchev–Trinajstić information content (AvgIpc) is 3.36. The third kappa shape index (κ3) is 4.20. The molecule has 2 aromatic carbocycles. The van der Waals surface area contributed by atoms with Crippen molar-refractivity contribution in [3.63, 3.8) is 0 Å². The zero-order chi connectivity index (χ0) is 17.6. The highest BCUT2D eigenvalue weighted by Gasteiger charge is 2.26. The van der Waals surface area contributed by atoms with E-state index in [0.717, 1.165) is 5.82 Å². The number of aromatic nitrogens is 2. The van der Waals surface area contributed by atoms with E-state index in [1.807, 2.05) is 18.2 Å². The summed E-state index contributed by atoms with van der Waals surface area (Å²) in [5.74, 6) is 2.09. The SMILES string of the molecule is c1ccc(Cc2nc(CNC(c3ccccc3)C3CCCC3)no2)cc1. The van der Waals surface area contributed by atoms with Crippen LogP contribution in [0.3, 0.4) is 0 Å². The first kappa shape index (κ1) is 17.0. The van der Waals surface area contributed by atoms with Gasteiger partial charge < -0.3 is 9.84 Å². The molecule has 26 heavy (non-hydrogen) atoms. The molecule has 4 rings (SSSR count). The molecule has 3 aromatic rings. The monoisotopic (exact) mass is 347 g/mol. The van der Waals surface area contributed by atoms with Crippen molar-refractivity contribution in [1.29, 1.82) is 0 Å². The smallest absolute Gasteiger partial charge is 0.231 e. The molecule has 1 fully saturated rings. The molecule has 1 saturated carbocycles. The summed E-state index contributed by atoms with van der Waals surface area (Å²) in [4.78, 5) is 4.56. The number of nitrogens with one attached hydrogen (secondary N) is 1. The van der Waals surface area contributed by atoms with Crippen molar-refractivity contribution in [2.45, 2.75) is 44.7 Å². The molecule has 1 aliphatic carbocycles. The maximum Gasteiger partial charge on any atom is 0.231 e. The Morgan fingerprint density at radius 3 is 2.38 bits per heavy atom. The minimum Gasteiger partial charge on any atom is -0.339 e. The second kappa shape index (κ2) is 8.28. The first-order valence-electron chi connectivity index (χ1n) is 9.52. The quantitative estimate of drug-likeness (QED) is 0.674. The first-order chi connectivity index (χ1) is 12.9. The van der Waals surface area contributed by atoms with E-state index in [9.17, 15) is 0 Å². The molecule has 1 aliphatic rings. The Labute approximate surface area is 154 Å². The highest BCUT2D eigenvalue weighted by molar-refractivity contribution is 5.20. The van der Waals surface area contributed by atoms with Crippen LogP contribution in [0, 0.1) is 5.92 Å². The van der Waals surface area contributed by atoms with E-state index in [2.05, 4.69) is 57.9 Å². The molecule has 1 aromatic heterocycles. The Morgan fingerprint density at radius 2 is 1.65 bits per heavy atom. The van der Waals surface area contributed by atoms with Gasteiger partial charge in [-0.2, -0.15) is 4.98 Å². The molecule has 0 bridgehead atoms. The van der Waals surface area contributed by atoms with Crippen LogP contribution >= 0.6 is 0 Å². The van der Waals surface area contributed by atoms with Gasteiger partial charge in [0.15, 0.2) is 5.82 Å². The maximum absolute atomic E-state index is 5.43. The van der Waals surface area contributed by atoms with Crippen molar-refractivity contribution in [2.75, 3.05) is 0 Å².